The van der Waals surface area contributed by atoms with Gasteiger partial charge >= 0.3 is 5.63 Å². The topological polar surface area (TPSA) is 80.4 Å². The van der Waals surface area contributed by atoms with Crippen LogP contribution >= 0.6 is 22.9 Å². The Morgan fingerprint density at radius 1 is 1.32 bits per heavy atom. The average molecular weight is 374 g/mol. The number of carbonyl (C=O) groups excluding carboxylic acids is 1. The van der Waals surface area contributed by atoms with Crippen molar-refractivity contribution in [2.45, 2.75) is 6.92 Å². The zero-order valence-corrected chi connectivity index (χ0v) is 14.6. The number of benzene rings is 1. The molecule has 3 aromatic rings. The normalized spacial score (nSPS) is 11.1. The first kappa shape index (κ1) is 17.1. The largest absolute Gasteiger partial charge is 0.507 e. The Hall–Kier alpha value is -2.70. The predicted molar refractivity (Wildman–Crippen MR) is 97.3 cm³/mol. The van der Waals surface area contributed by atoms with Crippen molar-refractivity contribution in [3.05, 3.63) is 74.2 Å². The van der Waals surface area contributed by atoms with Gasteiger partial charge in [0.15, 0.2) is 5.78 Å². The van der Waals surface area contributed by atoms with E-state index < -0.39 is 22.7 Å². The average Bonchev–Trinajstić information content (AvgIpc) is 3.01. The summed E-state index contributed by atoms with van der Waals surface area (Å²) < 4.78 is 4.84. The van der Waals surface area contributed by atoms with E-state index in [4.69, 9.17) is 16.0 Å². The van der Waals surface area contributed by atoms with Crippen molar-refractivity contribution in [1.82, 2.24) is 4.98 Å². The SMILES string of the molecule is Cc1cc(O)c(C(=O)/C=C/c2csc(-c3ccc(Cl)cc3)n2)c(=O)o1. The van der Waals surface area contributed by atoms with E-state index in [-0.39, 0.29) is 5.76 Å². The van der Waals surface area contributed by atoms with Crippen molar-refractivity contribution in [2.24, 2.45) is 0 Å². The van der Waals surface area contributed by atoms with Crippen LogP contribution in [0.25, 0.3) is 16.6 Å². The summed E-state index contributed by atoms with van der Waals surface area (Å²) in [7, 11) is 0. The molecule has 0 aliphatic carbocycles. The summed E-state index contributed by atoms with van der Waals surface area (Å²) in [5, 5.41) is 13.0. The van der Waals surface area contributed by atoms with Crippen LogP contribution in [-0.4, -0.2) is 15.9 Å². The molecule has 0 saturated carbocycles. The molecule has 5 nitrogen and oxygen atoms in total. The van der Waals surface area contributed by atoms with Gasteiger partial charge in [0.1, 0.15) is 22.1 Å². The molecule has 0 spiro atoms. The standard InChI is InChI=1S/C18H12ClNO4S/c1-10-8-15(22)16(18(23)24-10)14(21)7-6-13-9-25-17(20-13)11-2-4-12(19)5-3-11/h2-9,22H,1H3/b7-6+. The molecular weight excluding hydrogens is 362 g/mol. The van der Waals surface area contributed by atoms with E-state index in [9.17, 15) is 14.7 Å². The zero-order valence-electron chi connectivity index (χ0n) is 13.0. The van der Waals surface area contributed by atoms with Crippen LogP contribution in [-0.2, 0) is 0 Å². The van der Waals surface area contributed by atoms with Gasteiger partial charge in [-0.1, -0.05) is 23.7 Å². The highest BCUT2D eigenvalue weighted by atomic mass is 35.5. The summed E-state index contributed by atoms with van der Waals surface area (Å²) in [5.41, 5.74) is 0.221. The van der Waals surface area contributed by atoms with Crippen LogP contribution < -0.4 is 5.63 Å². The molecule has 0 radical (unpaired) electrons. The summed E-state index contributed by atoms with van der Waals surface area (Å²) in [6.45, 7) is 1.51. The number of carbonyl (C=O) groups is 1. The molecule has 1 N–H and O–H groups in total. The fourth-order valence-corrected chi connectivity index (χ4v) is 3.07. The zero-order chi connectivity index (χ0) is 18.0. The predicted octanol–water partition coefficient (Wildman–Crippen LogP) is 4.33. The number of hydrogen-bond donors (Lipinski definition) is 1. The Morgan fingerprint density at radius 3 is 2.72 bits per heavy atom. The van der Waals surface area contributed by atoms with Crippen LogP contribution in [0.5, 0.6) is 5.75 Å². The van der Waals surface area contributed by atoms with E-state index in [2.05, 4.69) is 4.98 Å². The lowest BCUT2D eigenvalue weighted by Crippen LogP contribution is -2.12. The molecule has 0 aliphatic heterocycles. The van der Waals surface area contributed by atoms with Crippen molar-refractivity contribution < 1.29 is 14.3 Å². The first-order valence-electron chi connectivity index (χ1n) is 7.21. The highest BCUT2D eigenvalue weighted by molar-refractivity contribution is 7.13. The minimum atomic E-state index is -0.868. The Morgan fingerprint density at radius 2 is 2.04 bits per heavy atom. The molecule has 126 valence electrons. The number of halogens is 1. The summed E-state index contributed by atoms with van der Waals surface area (Å²) in [6.07, 6.45) is 2.67. The van der Waals surface area contributed by atoms with Crippen LogP contribution in [0.2, 0.25) is 5.02 Å². The van der Waals surface area contributed by atoms with Gasteiger partial charge in [0.05, 0.1) is 5.69 Å². The summed E-state index contributed by atoms with van der Waals surface area (Å²) >= 11 is 7.28. The Bertz CT molecular complexity index is 1020. The van der Waals surface area contributed by atoms with Gasteiger partial charge in [-0.15, -0.1) is 11.3 Å². The molecule has 0 saturated heterocycles. The van der Waals surface area contributed by atoms with Gasteiger partial charge in [-0.05, 0) is 31.2 Å². The summed E-state index contributed by atoms with van der Waals surface area (Å²) in [6, 6.07) is 8.49. The molecule has 1 aromatic carbocycles. The van der Waals surface area contributed by atoms with Gasteiger partial charge in [-0.3, -0.25) is 4.79 Å². The Labute approximate surface area is 151 Å². The van der Waals surface area contributed by atoms with Crippen molar-refractivity contribution in [3.8, 4) is 16.3 Å². The highest BCUT2D eigenvalue weighted by Crippen LogP contribution is 2.25. The first-order chi connectivity index (χ1) is 11.9. The number of ketones is 1. The third kappa shape index (κ3) is 3.87. The van der Waals surface area contributed by atoms with E-state index >= 15 is 0 Å². The molecule has 0 amide bonds. The fourth-order valence-electron chi connectivity index (χ4n) is 2.15. The molecule has 0 bridgehead atoms. The second kappa shape index (κ2) is 7.04. The second-order valence-electron chi connectivity index (χ2n) is 5.19. The Kier molecular flexibility index (Phi) is 4.83. The molecule has 0 atom stereocenters. The molecule has 25 heavy (non-hydrogen) atoms. The third-order valence-electron chi connectivity index (χ3n) is 3.32. The lowest BCUT2D eigenvalue weighted by molar-refractivity contribution is 0.104. The number of rotatable bonds is 4. The van der Waals surface area contributed by atoms with Crippen molar-refractivity contribution >= 4 is 34.8 Å². The molecule has 2 heterocycles. The van der Waals surface area contributed by atoms with E-state index in [1.54, 1.807) is 17.5 Å². The van der Waals surface area contributed by atoms with E-state index in [1.165, 1.54) is 36.5 Å². The number of aromatic hydroxyl groups is 1. The van der Waals surface area contributed by atoms with E-state index in [1.807, 2.05) is 12.1 Å². The monoisotopic (exact) mass is 373 g/mol. The van der Waals surface area contributed by atoms with Gasteiger partial charge in [0.2, 0.25) is 0 Å². The molecule has 3 rings (SSSR count). The Balaban J connectivity index is 1.82. The molecule has 0 fully saturated rings. The minimum absolute atomic E-state index is 0.232. The molecule has 0 unspecified atom stereocenters. The second-order valence-corrected chi connectivity index (χ2v) is 6.48. The highest BCUT2D eigenvalue weighted by Gasteiger charge is 2.16. The van der Waals surface area contributed by atoms with Crippen molar-refractivity contribution in [3.63, 3.8) is 0 Å². The quantitative estimate of drug-likeness (QED) is 0.544. The van der Waals surface area contributed by atoms with E-state index in [0.29, 0.717) is 10.7 Å². The van der Waals surface area contributed by atoms with Gasteiger partial charge in [0, 0.05) is 22.0 Å². The fraction of sp³-hybridized carbons (Fsp3) is 0.0556. The third-order valence-corrected chi connectivity index (χ3v) is 4.48. The lowest BCUT2D eigenvalue weighted by Gasteiger charge is -1.99. The van der Waals surface area contributed by atoms with Crippen LogP contribution in [0, 0.1) is 6.92 Å². The number of thiazole rings is 1. The number of aryl methyl sites for hydroxylation is 1. The smallest absolute Gasteiger partial charge is 0.351 e. The van der Waals surface area contributed by atoms with Gasteiger partial charge in [-0.25, -0.2) is 9.78 Å². The molecular formula is C18H12ClNO4S. The molecule has 7 heteroatoms. The summed E-state index contributed by atoms with van der Waals surface area (Å²) in [5.74, 6) is -0.814. The number of hydrogen-bond acceptors (Lipinski definition) is 6. The van der Waals surface area contributed by atoms with E-state index in [0.717, 1.165) is 10.6 Å². The van der Waals surface area contributed by atoms with Gasteiger partial charge in [0.25, 0.3) is 0 Å². The van der Waals surface area contributed by atoms with Crippen LogP contribution in [0.4, 0.5) is 0 Å². The maximum Gasteiger partial charge on any atom is 0.351 e. The van der Waals surface area contributed by atoms with Crippen LogP contribution in [0.1, 0.15) is 21.8 Å². The summed E-state index contributed by atoms with van der Waals surface area (Å²) in [4.78, 5) is 28.3. The maximum atomic E-state index is 12.1. The van der Waals surface area contributed by atoms with Crippen LogP contribution in [0.15, 0.2) is 51.0 Å². The number of aromatic nitrogens is 1. The molecule has 2 aromatic heterocycles. The minimum Gasteiger partial charge on any atom is -0.507 e. The number of nitrogens with zero attached hydrogens (tertiary/aromatic N) is 1. The molecule has 0 aliphatic rings. The van der Waals surface area contributed by atoms with Gasteiger partial charge < -0.3 is 9.52 Å². The van der Waals surface area contributed by atoms with Crippen LogP contribution in [0.3, 0.4) is 0 Å². The van der Waals surface area contributed by atoms with Crippen molar-refractivity contribution in [1.29, 1.82) is 0 Å². The maximum absolute atomic E-state index is 12.1. The van der Waals surface area contributed by atoms with Gasteiger partial charge in [-0.2, -0.15) is 0 Å². The lowest BCUT2D eigenvalue weighted by atomic mass is 10.1. The number of allylic oxidation sites excluding steroid dienone is 1. The van der Waals surface area contributed by atoms with Crippen molar-refractivity contribution in [2.75, 3.05) is 0 Å². The first-order valence-corrected chi connectivity index (χ1v) is 8.47.